The summed E-state index contributed by atoms with van der Waals surface area (Å²) in [6, 6.07) is 0.213. The molecule has 1 aliphatic heterocycles. The average molecular weight is 199 g/mol. The second-order valence-corrected chi connectivity index (χ2v) is 4.15. The van der Waals surface area contributed by atoms with Crippen LogP contribution in [0.4, 0.5) is 0 Å². The third-order valence-electron chi connectivity index (χ3n) is 2.97. The van der Waals surface area contributed by atoms with Gasteiger partial charge in [0.2, 0.25) is 5.91 Å². The molecule has 4 nitrogen and oxygen atoms in total. The lowest BCUT2D eigenvalue weighted by Crippen LogP contribution is -2.42. The van der Waals surface area contributed by atoms with E-state index < -0.39 is 0 Å². The minimum absolute atomic E-state index is 0.0337. The van der Waals surface area contributed by atoms with Gasteiger partial charge < -0.3 is 14.8 Å². The Morgan fingerprint density at radius 1 is 1.50 bits per heavy atom. The number of amides is 1. The lowest BCUT2D eigenvalue weighted by molar-refractivity contribution is -0.125. The van der Waals surface area contributed by atoms with Gasteiger partial charge in [-0.05, 0) is 18.8 Å². The van der Waals surface area contributed by atoms with Crippen molar-refractivity contribution in [2.24, 2.45) is 11.8 Å². The molecule has 1 saturated heterocycles. The van der Waals surface area contributed by atoms with Crippen LogP contribution in [0.5, 0.6) is 0 Å². The standard InChI is InChI=1S/C10H17NO3/c1-13-6-10(12)11-9-5-14-4-8(9)7-2-3-7/h7-9H,2-6H2,1H3,(H,11,12). The molecule has 0 aromatic rings. The number of nitrogens with one attached hydrogen (secondary N) is 1. The molecular weight excluding hydrogens is 182 g/mol. The smallest absolute Gasteiger partial charge is 0.246 e. The first-order chi connectivity index (χ1) is 6.81. The Morgan fingerprint density at radius 2 is 2.29 bits per heavy atom. The lowest BCUT2D eigenvalue weighted by atomic mass is 9.98. The fourth-order valence-corrected chi connectivity index (χ4v) is 2.09. The monoisotopic (exact) mass is 199 g/mol. The molecule has 0 radical (unpaired) electrons. The summed E-state index contributed by atoms with van der Waals surface area (Å²) in [4.78, 5) is 11.3. The molecule has 14 heavy (non-hydrogen) atoms. The normalized spacial score (nSPS) is 31.8. The van der Waals surface area contributed by atoms with Gasteiger partial charge in [-0.2, -0.15) is 0 Å². The van der Waals surface area contributed by atoms with E-state index in [1.165, 1.54) is 20.0 Å². The van der Waals surface area contributed by atoms with E-state index in [9.17, 15) is 4.79 Å². The lowest BCUT2D eigenvalue weighted by Gasteiger charge is -2.18. The molecule has 0 aromatic heterocycles. The zero-order chi connectivity index (χ0) is 9.97. The van der Waals surface area contributed by atoms with Gasteiger partial charge in [-0.15, -0.1) is 0 Å². The van der Waals surface area contributed by atoms with Crippen molar-refractivity contribution >= 4 is 5.91 Å². The number of carbonyl (C=O) groups is 1. The zero-order valence-electron chi connectivity index (χ0n) is 8.49. The van der Waals surface area contributed by atoms with Gasteiger partial charge in [0, 0.05) is 13.0 Å². The first-order valence-corrected chi connectivity index (χ1v) is 5.17. The Labute approximate surface area is 84.0 Å². The first-order valence-electron chi connectivity index (χ1n) is 5.17. The van der Waals surface area contributed by atoms with E-state index in [4.69, 9.17) is 9.47 Å². The molecule has 4 heteroatoms. The molecule has 1 amide bonds. The van der Waals surface area contributed by atoms with Gasteiger partial charge in [-0.3, -0.25) is 4.79 Å². The Balaban J connectivity index is 1.80. The van der Waals surface area contributed by atoms with Crippen molar-refractivity contribution in [1.29, 1.82) is 0 Å². The third kappa shape index (κ3) is 2.25. The molecule has 1 saturated carbocycles. The van der Waals surface area contributed by atoms with Crippen molar-refractivity contribution in [3.05, 3.63) is 0 Å². The van der Waals surface area contributed by atoms with Crippen LogP contribution < -0.4 is 5.32 Å². The molecule has 2 aliphatic rings. The number of hydrogen-bond donors (Lipinski definition) is 1. The Morgan fingerprint density at radius 3 is 2.93 bits per heavy atom. The van der Waals surface area contributed by atoms with Gasteiger partial charge in [0.1, 0.15) is 6.61 Å². The minimum atomic E-state index is -0.0337. The molecule has 1 N–H and O–H groups in total. The maximum atomic E-state index is 11.3. The van der Waals surface area contributed by atoms with Crippen LogP contribution in [0.25, 0.3) is 0 Å². The number of methoxy groups -OCH3 is 1. The summed E-state index contributed by atoms with van der Waals surface area (Å²) in [6.07, 6.45) is 2.59. The highest BCUT2D eigenvalue weighted by Gasteiger charge is 2.40. The van der Waals surface area contributed by atoms with Crippen molar-refractivity contribution in [2.75, 3.05) is 26.9 Å². The van der Waals surface area contributed by atoms with Crippen LogP contribution >= 0.6 is 0 Å². The number of carbonyl (C=O) groups excluding carboxylic acids is 1. The third-order valence-corrected chi connectivity index (χ3v) is 2.97. The minimum Gasteiger partial charge on any atom is -0.379 e. The van der Waals surface area contributed by atoms with E-state index in [-0.39, 0.29) is 18.6 Å². The molecule has 2 atom stereocenters. The van der Waals surface area contributed by atoms with Crippen LogP contribution in [0.3, 0.4) is 0 Å². The summed E-state index contributed by atoms with van der Waals surface area (Å²) in [5, 5.41) is 2.96. The Bertz CT molecular complexity index is 215. The van der Waals surface area contributed by atoms with Crippen LogP contribution in [0.1, 0.15) is 12.8 Å². The highest BCUT2D eigenvalue weighted by Crippen LogP contribution is 2.40. The van der Waals surface area contributed by atoms with E-state index in [0.717, 1.165) is 12.5 Å². The summed E-state index contributed by atoms with van der Waals surface area (Å²) in [5.41, 5.74) is 0. The molecular formula is C10H17NO3. The molecule has 2 rings (SSSR count). The van der Waals surface area contributed by atoms with Crippen LogP contribution in [0.15, 0.2) is 0 Å². The van der Waals surface area contributed by atoms with Gasteiger partial charge in [-0.1, -0.05) is 0 Å². The molecule has 1 heterocycles. The van der Waals surface area contributed by atoms with Gasteiger partial charge in [0.05, 0.1) is 19.3 Å². The summed E-state index contributed by atoms with van der Waals surface area (Å²) < 4.78 is 10.2. The van der Waals surface area contributed by atoms with Crippen LogP contribution in [-0.4, -0.2) is 38.9 Å². The fraction of sp³-hybridized carbons (Fsp3) is 0.900. The van der Waals surface area contributed by atoms with Crippen molar-refractivity contribution in [1.82, 2.24) is 5.32 Å². The summed E-state index contributed by atoms with van der Waals surface area (Å²) in [7, 11) is 1.53. The van der Waals surface area contributed by atoms with Gasteiger partial charge in [0.25, 0.3) is 0 Å². The first kappa shape index (κ1) is 9.93. The maximum absolute atomic E-state index is 11.3. The van der Waals surface area contributed by atoms with Crippen LogP contribution in [0, 0.1) is 11.8 Å². The van der Waals surface area contributed by atoms with Crippen LogP contribution in [0.2, 0.25) is 0 Å². The fourth-order valence-electron chi connectivity index (χ4n) is 2.09. The van der Waals surface area contributed by atoms with Crippen molar-refractivity contribution in [2.45, 2.75) is 18.9 Å². The Hall–Kier alpha value is -0.610. The van der Waals surface area contributed by atoms with E-state index >= 15 is 0 Å². The molecule has 2 unspecified atom stereocenters. The topological polar surface area (TPSA) is 47.6 Å². The summed E-state index contributed by atoms with van der Waals surface area (Å²) >= 11 is 0. The molecule has 80 valence electrons. The average Bonchev–Trinajstić information content (AvgIpc) is 2.89. The second-order valence-electron chi connectivity index (χ2n) is 4.15. The molecule has 0 bridgehead atoms. The molecule has 1 aliphatic carbocycles. The van der Waals surface area contributed by atoms with E-state index in [1.54, 1.807) is 0 Å². The van der Waals surface area contributed by atoms with Gasteiger partial charge in [-0.25, -0.2) is 0 Å². The highest BCUT2D eigenvalue weighted by atomic mass is 16.5. The predicted octanol–water partition coefficient (Wildman–Crippen LogP) is 0.174. The van der Waals surface area contributed by atoms with Crippen LogP contribution in [-0.2, 0) is 14.3 Å². The quantitative estimate of drug-likeness (QED) is 0.702. The summed E-state index contributed by atoms with van der Waals surface area (Å²) in [5.74, 6) is 1.29. The van der Waals surface area contributed by atoms with E-state index in [2.05, 4.69) is 5.32 Å². The number of ether oxygens (including phenoxy) is 2. The number of rotatable bonds is 4. The van der Waals surface area contributed by atoms with E-state index in [1.807, 2.05) is 0 Å². The predicted molar refractivity (Wildman–Crippen MR) is 50.8 cm³/mol. The highest BCUT2D eigenvalue weighted by molar-refractivity contribution is 5.77. The Kier molecular flexibility index (Phi) is 3.03. The largest absolute Gasteiger partial charge is 0.379 e. The number of hydrogen-bond acceptors (Lipinski definition) is 3. The molecule has 0 aromatic carbocycles. The van der Waals surface area contributed by atoms with Crippen molar-refractivity contribution in [3.63, 3.8) is 0 Å². The molecule has 0 spiro atoms. The second kappa shape index (κ2) is 4.28. The zero-order valence-corrected chi connectivity index (χ0v) is 8.49. The molecule has 2 fully saturated rings. The van der Waals surface area contributed by atoms with Crippen molar-refractivity contribution in [3.8, 4) is 0 Å². The maximum Gasteiger partial charge on any atom is 0.246 e. The van der Waals surface area contributed by atoms with Crippen molar-refractivity contribution < 1.29 is 14.3 Å². The SMILES string of the molecule is COCC(=O)NC1COCC1C1CC1. The van der Waals surface area contributed by atoms with E-state index in [0.29, 0.717) is 12.5 Å². The summed E-state index contributed by atoms with van der Waals surface area (Å²) in [6.45, 7) is 1.62. The van der Waals surface area contributed by atoms with Gasteiger partial charge in [0.15, 0.2) is 0 Å². The van der Waals surface area contributed by atoms with Gasteiger partial charge >= 0.3 is 0 Å².